The Balaban J connectivity index is 2.02. The van der Waals surface area contributed by atoms with Crippen LogP contribution in [-0.4, -0.2) is 25.8 Å². The van der Waals surface area contributed by atoms with E-state index in [4.69, 9.17) is 11.6 Å². The topological polar surface area (TPSA) is 81.8 Å². The normalized spacial score (nSPS) is 11.9. The van der Waals surface area contributed by atoms with E-state index in [-0.39, 0.29) is 11.6 Å². The highest BCUT2D eigenvalue weighted by molar-refractivity contribution is 6.31. The minimum atomic E-state index is -0.399. The number of fused-ring (bicyclic) bond motifs is 1. The van der Waals surface area contributed by atoms with Crippen LogP contribution in [0, 0.1) is 0 Å². The fourth-order valence-corrected chi connectivity index (χ4v) is 2.15. The number of carbonyl (C=O) groups is 1. The number of carbonyl (C=O) groups excluding carboxylic acids is 1. The second-order valence-corrected chi connectivity index (χ2v) is 4.66. The summed E-state index contributed by atoms with van der Waals surface area (Å²) in [5, 5.41) is 11.4. The summed E-state index contributed by atoms with van der Waals surface area (Å²) in [5.41, 5.74) is 1.34. The Morgan fingerprint density at radius 3 is 2.95 bits per heavy atom. The Morgan fingerprint density at radius 1 is 1.35 bits per heavy atom. The van der Waals surface area contributed by atoms with Crippen molar-refractivity contribution in [3.05, 3.63) is 59.3 Å². The van der Waals surface area contributed by atoms with Crippen molar-refractivity contribution in [1.29, 1.82) is 0 Å². The van der Waals surface area contributed by atoms with Crippen molar-refractivity contribution in [1.82, 2.24) is 15.0 Å². The largest absolute Gasteiger partial charge is 0.507 e. The first-order chi connectivity index (χ1) is 9.65. The average molecular weight is 288 g/mol. The molecule has 0 bridgehead atoms. The van der Waals surface area contributed by atoms with Crippen LogP contribution in [0.3, 0.4) is 0 Å². The van der Waals surface area contributed by atoms with Crippen LogP contribution in [0.25, 0.3) is 16.7 Å². The number of nitrogens with zero attached hydrogens (tertiary/aromatic N) is 1. The molecule has 0 amide bonds. The van der Waals surface area contributed by atoms with E-state index >= 15 is 0 Å². The van der Waals surface area contributed by atoms with E-state index in [1.807, 2.05) is 6.07 Å². The standard InChI is InChI=1S/C14H10ClN3O2/c15-8-1-2-11-9(5-8)10(7-18-11)12(19)6-13(20)14-16-3-4-17-14/h1-7,18-19H,(H,16,17). The van der Waals surface area contributed by atoms with E-state index in [0.29, 0.717) is 10.6 Å². The molecule has 0 aliphatic rings. The average Bonchev–Trinajstić information content (AvgIpc) is 3.07. The summed E-state index contributed by atoms with van der Waals surface area (Å²) < 4.78 is 0. The van der Waals surface area contributed by atoms with Crippen LogP contribution < -0.4 is 0 Å². The molecule has 6 heteroatoms. The lowest BCUT2D eigenvalue weighted by Gasteiger charge is -1.98. The summed E-state index contributed by atoms with van der Waals surface area (Å²) in [7, 11) is 0. The molecular weight excluding hydrogens is 278 g/mol. The maximum Gasteiger partial charge on any atom is 0.224 e. The van der Waals surface area contributed by atoms with Crippen LogP contribution in [0.15, 0.2) is 42.9 Å². The minimum absolute atomic E-state index is 0.139. The molecule has 3 rings (SSSR count). The maximum absolute atomic E-state index is 11.8. The third-order valence-electron chi connectivity index (χ3n) is 2.92. The first kappa shape index (κ1) is 12.5. The van der Waals surface area contributed by atoms with Crippen molar-refractivity contribution >= 4 is 34.0 Å². The van der Waals surface area contributed by atoms with Crippen LogP contribution >= 0.6 is 11.6 Å². The van der Waals surface area contributed by atoms with Gasteiger partial charge in [-0.1, -0.05) is 11.6 Å². The second-order valence-electron chi connectivity index (χ2n) is 4.22. The van der Waals surface area contributed by atoms with Gasteiger partial charge in [-0.15, -0.1) is 0 Å². The molecule has 3 aromatic rings. The third kappa shape index (κ3) is 2.19. The zero-order valence-corrected chi connectivity index (χ0v) is 11.0. The molecule has 0 saturated heterocycles. The summed E-state index contributed by atoms with van der Waals surface area (Å²) in [6, 6.07) is 5.28. The van der Waals surface area contributed by atoms with Crippen LogP contribution in [0.2, 0.25) is 5.02 Å². The molecule has 5 nitrogen and oxygen atoms in total. The van der Waals surface area contributed by atoms with Gasteiger partial charge in [0.05, 0.1) is 0 Å². The maximum atomic E-state index is 11.8. The van der Waals surface area contributed by atoms with Gasteiger partial charge in [0.25, 0.3) is 0 Å². The number of ketones is 1. The first-order valence-electron chi connectivity index (χ1n) is 5.86. The van der Waals surface area contributed by atoms with Gasteiger partial charge in [0, 0.05) is 46.2 Å². The Hall–Kier alpha value is -2.53. The molecule has 0 fully saturated rings. The van der Waals surface area contributed by atoms with Gasteiger partial charge in [-0.2, -0.15) is 0 Å². The molecule has 2 heterocycles. The Labute approximate surface area is 118 Å². The zero-order valence-electron chi connectivity index (χ0n) is 10.2. The highest BCUT2D eigenvalue weighted by Gasteiger charge is 2.12. The lowest BCUT2D eigenvalue weighted by molar-refractivity contribution is 0.103. The molecule has 20 heavy (non-hydrogen) atoms. The SMILES string of the molecule is O=C(C=C(O)c1c[nH]c2ccc(Cl)cc12)c1ncc[nH]1. The summed E-state index contributed by atoms with van der Waals surface area (Å²) in [6.45, 7) is 0. The van der Waals surface area contributed by atoms with E-state index in [1.165, 1.54) is 6.20 Å². The van der Waals surface area contributed by atoms with E-state index in [2.05, 4.69) is 15.0 Å². The van der Waals surface area contributed by atoms with Crippen LogP contribution in [-0.2, 0) is 0 Å². The lowest BCUT2D eigenvalue weighted by atomic mass is 10.1. The predicted octanol–water partition coefficient (Wildman–Crippen LogP) is 3.33. The van der Waals surface area contributed by atoms with E-state index in [9.17, 15) is 9.90 Å². The molecule has 0 saturated carbocycles. The van der Waals surface area contributed by atoms with Crippen molar-refractivity contribution in [3.63, 3.8) is 0 Å². The predicted molar refractivity (Wildman–Crippen MR) is 76.8 cm³/mol. The molecule has 3 N–H and O–H groups in total. The Kier molecular flexibility index (Phi) is 3.04. The number of allylic oxidation sites excluding steroid dienone is 1. The van der Waals surface area contributed by atoms with Gasteiger partial charge >= 0.3 is 0 Å². The number of imidazole rings is 1. The Morgan fingerprint density at radius 2 is 2.20 bits per heavy atom. The zero-order chi connectivity index (χ0) is 14.1. The third-order valence-corrected chi connectivity index (χ3v) is 3.15. The molecule has 1 aromatic carbocycles. The van der Waals surface area contributed by atoms with Crippen molar-refractivity contribution in [2.45, 2.75) is 0 Å². The van der Waals surface area contributed by atoms with Crippen molar-refractivity contribution in [3.8, 4) is 0 Å². The van der Waals surface area contributed by atoms with Crippen molar-refractivity contribution < 1.29 is 9.90 Å². The quantitative estimate of drug-likeness (QED) is 0.392. The summed E-state index contributed by atoms with van der Waals surface area (Å²) in [6.07, 6.45) is 5.78. The van der Waals surface area contributed by atoms with Gasteiger partial charge in [0.15, 0.2) is 5.82 Å². The van der Waals surface area contributed by atoms with Crippen LogP contribution in [0.4, 0.5) is 0 Å². The summed E-state index contributed by atoms with van der Waals surface area (Å²) in [4.78, 5) is 21.4. The Bertz CT molecular complexity index is 803. The number of halogens is 1. The van der Waals surface area contributed by atoms with Crippen molar-refractivity contribution in [2.75, 3.05) is 0 Å². The fourth-order valence-electron chi connectivity index (χ4n) is 1.98. The van der Waals surface area contributed by atoms with E-state index in [1.54, 1.807) is 24.5 Å². The number of aliphatic hydroxyl groups excluding tert-OH is 1. The van der Waals surface area contributed by atoms with Gasteiger partial charge in [0.1, 0.15) is 5.76 Å². The number of benzene rings is 1. The molecule has 2 aromatic heterocycles. The molecule has 0 aliphatic carbocycles. The number of aliphatic hydroxyl groups is 1. The van der Waals surface area contributed by atoms with Crippen LogP contribution in [0.1, 0.15) is 16.2 Å². The van der Waals surface area contributed by atoms with E-state index < -0.39 is 5.78 Å². The van der Waals surface area contributed by atoms with Crippen LogP contribution in [0.5, 0.6) is 0 Å². The number of rotatable bonds is 3. The number of H-pyrrole nitrogens is 2. The van der Waals surface area contributed by atoms with E-state index in [0.717, 1.165) is 17.0 Å². The van der Waals surface area contributed by atoms with Gasteiger partial charge < -0.3 is 15.1 Å². The van der Waals surface area contributed by atoms with Crippen molar-refractivity contribution in [2.24, 2.45) is 0 Å². The monoisotopic (exact) mass is 287 g/mol. The summed E-state index contributed by atoms with van der Waals surface area (Å²) in [5.74, 6) is -0.363. The summed E-state index contributed by atoms with van der Waals surface area (Å²) >= 11 is 5.94. The fraction of sp³-hybridized carbons (Fsp3) is 0. The smallest absolute Gasteiger partial charge is 0.224 e. The number of hydrogen-bond donors (Lipinski definition) is 3. The number of aromatic amines is 2. The first-order valence-corrected chi connectivity index (χ1v) is 6.24. The number of aromatic nitrogens is 3. The molecular formula is C14H10ClN3O2. The van der Waals surface area contributed by atoms with Gasteiger partial charge in [-0.05, 0) is 18.2 Å². The number of hydrogen-bond acceptors (Lipinski definition) is 3. The lowest BCUT2D eigenvalue weighted by Crippen LogP contribution is -1.98. The molecule has 100 valence electrons. The minimum Gasteiger partial charge on any atom is -0.507 e. The van der Waals surface area contributed by atoms with Gasteiger partial charge in [-0.3, -0.25) is 4.79 Å². The second kappa shape index (κ2) is 4.86. The molecule has 0 aliphatic heterocycles. The highest BCUT2D eigenvalue weighted by atomic mass is 35.5. The van der Waals surface area contributed by atoms with Gasteiger partial charge in [-0.25, -0.2) is 4.98 Å². The molecule has 0 spiro atoms. The molecule has 0 unspecified atom stereocenters. The number of nitrogens with one attached hydrogen (secondary N) is 2. The molecule has 0 atom stereocenters. The van der Waals surface area contributed by atoms with Gasteiger partial charge in [0.2, 0.25) is 5.78 Å². The molecule has 0 radical (unpaired) electrons. The highest BCUT2D eigenvalue weighted by Crippen LogP contribution is 2.26.